The van der Waals surface area contributed by atoms with Gasteiger partial charge in [-0.2, -0.15) is 5.48 Å². The Morgan fingerprint density at radius 2 is 1.53 bits per heavy atom. The lowest BCUT2D eigenvalue weighted by atomic mass is 9.71. The Kier molecular flexibility index (Phi) is 4.45. The Morgan fingerprint density at radius 3 is 2.27 bits per heavy atom. The summed E-state index contributed by atoms with van der Waals surface area (Å²) >= 11 is 0. The monoisotopic (exact) mass is 211 g/mol. The first-order valence-corrected chi connectivity index (χ1v) is 6.70. The Balaban J connectivity index is 1.90. The van der Waals surface area contributed by atoms with Crippen LogP contribution in [0.25, 0.3) is 0 Å². The van der Waals surface area contributed by atoms with Gasteiger partial charge in [0.15, 0.2) is 0 Å². The summed E-state index contributed by atoms with van der Waals surface area (Å²) in [5.41, 5.74) is 3.23. The molecule has 88 valence electrons. The molecule has 0 aromatic carbocycles. The van der Waals surface area contributed by atoms with Gasteiger partial charge in [0.05, 0.1) is 7.11 Å². The van der Waals surface area contributed by atoms with Gasteiger partial charge in [-0.25, -0.2) is 0 Å². The van der Waals surface area contributed by atoms with Crippen LogP contribution in [0.1, 0.15) is 57.8 Å². The summed E-state index contributed by atoms with van der Waals surface area (Å²) < 4.78 is 0. The molecule has 0 saturated heterocycles. The standard InChI is InChI=1S/C13H25NO/c1-15-14-13-10-6-5-9-12(13)11-7-3-2-4-8-11/h11-14H,2-10H2,1H3. The van der Waals surface area contributed by atoms with Crippen molar-refractivity contribution in [1.82, 2.24) is 5.48 Å². The van der Waals surface area contributed by atoms with E-state index in [2.05, 4.69) is 5.48 Å². The van der Waals surface area contributed by atoms with Crippen molar-refractivity contribution in [1.29, 1.82) is 0 Å². The molecule has 2 atom stereocenters. The summed E-state index contributed by atoms with van der Waals surface area (Å²) in [4.78, 5) is 5.15. The fraction of sp³-hybridized carbons (Fsp3) is 1.00. The van der Waals surface area contributed by atoms with Crippen LogP contribution in [0.4, 0.5) is 0 Å². The predicted molar refractivity (Wildman–Crippen MR) is 62.5 cm³/mol. The molecule has 15 heavy (non-hydrogen) atoms. The Hall–Kier alpha value is -0.0800. The highest BCUT2D eigenvalue weighted by atomic mass is 16.6. The van der Waals surface area contributed by atoms with Gasteiger partial charge >= 0.3 is 0 Å². The first-order valence-electron chi connectivity index (χ1n) is 6.70. The average Bonchev–Trinajstić information content (AvgIpc) is 2.31. The van der Waals surface area contributed by atoms with Crippen LogP contribution in [-0.4, -0.2) is 13.2 Å². The second-order valence-corrected chi connectivity index (χ2v) is 5.27. The minimum atomic E-state index is 0.631. The quantitative estimate of drug-likeness (QED) is 0.723. The van der Waals surface area contributed by atoms with Gasteiger partial charge in [0, 0.05) is 6.04 Å². The average molecular weight is 211 g/mol. The molecule has 0 spiro atoms. The minimum absolute atomic E-state index is 0.631. The van der Waals surface area contributed by atoms with E-state index in [-0.39, 0.29) is 0 Å². The van der Waals surface area contributed by atoms with Crippen LogP contribution in [0, 0.1) is 11.8 Å². The van der Waals surface area contributed by atoms with Crippen LogP contribution in [0.5, 0.6) is 0 Å². The maximum Gasteiger partial charge on any atom is 0.0572 e. The summed E-state index contributed by atoms with van der Waals surface area (Å²) in [5.74, 6) is 1.87. The lowest BCUT2D eigenvalue weighted by molar-refractivity contribution is 0.00825. The van der Waals surface area contributed by atoms with E-state index in [1.54, 1.807) is 7.11 Å². The molecule has 1 N–H and O–H groups in total. The van der Waals surface area contributed by atoms with Gasteiger partial charge in [-0.3, -0.25) is 0 Å². The van der Waals surface area contributed by atoms with Crippen molar-refractivity contribution in [3.05, 3.63) is 0 Å². The van der Waals surface area contributed by atoms with Crippen LogP contribution in [0.2, 0.25) is 0 Å². The summed E-state index contributed by atoms with van der Waals surface area (Å²) in [5, 5.41) is 0. The van der Waals surface area contributed by atoms with E-state index in [1.165, 1.54) is 57.8 Å². The lowest BCUT2D eigenvalue weighted by Crippen LogP contribution is -2.41. The zero-order chi connectivity index (χ0) is 10.5. The van der Waals surface area contributed by atoms with Gasteiger partial charge < -0.3 is 4.84 Å². The van der Waals surface area contributed by atoms with Gasteiger partial charge in [0.1, 0.15) is 0 Å². The van der Waals surface area contributed by atoms with Crippen molar-refractivity contribution in [3.63, 3.8) is 0 Å². The van der Waals surface area contributed by atoms with Crippen molar-refractivity contribution >= 4 is 0 Å². The van der Waals surface area contributed by atoms with Crippen molar-refractivity contribution in [2.75, 3.05) is 7.11 Å². The molecule has 0 aromatic rings. The molecule has 0 heterocycles. The molecule has 0 amide bonds. The van der Waals surface area contributed by atoms with Crippen molar-refractivity contribution in [2.45, 2.75) is 63.8 Å². The Morgan fingerprint density at radius 1 is 0.867 bits per heavy atom. The van der Waals surface area contributed by atoms with Crippen LogP contribution < -0.4 is 5.48 Å². The molecule has 0 aliphatic heterocycles. The highest BCUT2D eigenvalue weighted by Gasteiger charge is 2.32. The first kappa shape index (κ1) is 11.4. The van der Waals surface area contributed by atoms with Crippen molar-refractivity contribution in [3.8, 4) is 0 Å². The molecule has 2 unspecified atom stereocenters. The SMILES string of the molecule is CONC1CCCCC1C1CCCCC1. The van der Waals surface area contributed by atoms with E-state index in [0.29, 0.717) is 6.04 Å². The van der Waals surface area contributed by atoms with E-state index in [9.17, 15) is 0 Å². The molecule has 2 saturated carbocycles. The van der Waals surface area contributed by atoms with Gasteiger partial charge in [0.25, 0.3) is 0 Å². The van der Waals surface area contributed by atoms with Gasteiger partial charge in [-0.15, -0.1) is 0 Å². The summed E-state index contributed by atoms with van der Waals surface area (Å²) in [6.07, 6.45) is 12.9. The van der Waals surface area contributed by atoms with Crippen LogP contribution in [-0.2, 0) is 4.84 Å². The third-order valence-electron chi connectivity index (χ3n) is 4.34. The molecule has 2 aliphatic rings. The van der Waals surface area contributed by atoms with Crippen LogP contribution in [0.3, 0.4) is 0 Å². The zero-order valence-electron chi connectivity index (χ0n) is 10.0. The largest absolute Gasteiger partial charge is 0.305 e. The maximum atomic E-state index is 5.15. The number of hydrogen-bond donors (Lipinski definition) is 1. The summed E-state index contributed by atoms with van der Waals surface area (Å²) in [6.45, 7) is 0. The second kappa shape index (κ2) is 5.86. The predicted octanol–water partition coefficient (Wildman–Crippen LogP) is 3.28. The molecular formula is C13H25NO. The lowest BCUT2D eigenvalue weighted by Gasteiger charge is -2.38. The fourth-order valence-electron chi connectivity index (χ4n) is 3.58. The second-order valence-electron chi connectivity index (χ2n) is 5.27. The van der Waals surface area contributed by atoms with Gasteiger partial charge in [-0.05, 0) is 24.7 Å². The number of hydrogen-bond acceptors (Lipinski definition) is 2. The summed E-state index contributed by atoms with van der Waals surface area (Å²) in [6, 6.07) is 0.631. The molecule has 0 radical (unpaired) electrons. The normalized spacial score (nSPS) is 34.2. The Labute approximate surface area is 93.7 Å². The minimum Gasteiger partial charge on any atom is -0.305 e. The topological polar surface area (TPSA) is 21.3 Å². The third-order valence-corrected chi connectivity index (χ3v) is 4.34. The highest BCUT2D eigenvalue weighted by Crippen LogP contribution is 2.38. The number of hydroxylamine groups is 1. The molecule has 2 aliphatic carbocycles. The van der Waals surface area contributed by atoms with Crippen LogP contribution in [0.15, 0.2) is 0 Å². The van der Waals surface area contributed by atoms with Crippen LogP contribution >= 0.6 is 0 Å². The zero-order valence-corrected chi connectivity index (χ0v) is 10.0. The number of nitrogens with one attached hydrogen (secondary N) is 1. The highest BCUT2D eigenvalue weighted by molar-refractivity contribution is 4.85. The van der Waals surface area contributed by atoms with E-state index in [4.69, 9.17) is 4.84 Å². The van der Waals surface area contributed by atoms with E-state index in [1.807, 2.05) is 0 Å². The van der Waals surface area contributed by atoms with Crippen molar-refractivity contribution < 1.29 is 4.84 Å². The molecule has 2 fully saturated rings. The van der Waals surface area contributed by atoms with E-state index < -0.39 is 0 Å². The van der Waals surface area contributed by atoms with E-state index >= 15 is 0 Å². The summed E-state index contributed by atoms with van der Waals surface area (Å²) in [7, 11) is 1.76. The molecule has 2 nitrogen and oxygen atoms in total. The van der Waals surface area contributed by atoms with Crippen molar-refractivity contribution in [2.24, 2.45) is 11.8 Å². The molecular weight excluding hydrogens is 186 g/mol. The molecule has 0 bridgehead atoms. The molecule has 2 rings (SSSR count). The number of rotatable bonds is 3. The van der Waals surface area contributed by atoms with E-state index in [0.717, 1.165) is 11.8 Å². The molecule has 0 aromatic heterocycles. The first-order chi connectivity index (χ1) is 7.42. The van der Waals surface area contributed by atoms with Gasteiger partial charge in [0.2, 0.25) is 0 Å². The maximum absolute atomic E-state index is 5.15. The van der Waals surface area contributed by atoms with Gasteiger partial charge in [-0.1, -0.05) is 44.9 Å². The Bertz CT molecular complexity index is 165. The third kappa shape index (κ3) is 2.94. The fourth-order valence-corrected chi connectivity index (χ4v) is 3.58. The smallest absolute Gasteiger partial charge is 0.0572 e. The molecule has 2 heteroatoms.